The average Bonchev–Trinajstić information content (AvgIpc) is 2.42. The van der Waals surface area contributed by atoms with E-state index >= 15 is 0 Å². The maximum atomic E-state index is 13.7. The molecule has 0 N–H and O–H groups in total. The highest BCUT2D eigenvalue weighted by molar-refractivity contribution is 5.29. The van der Waals surface area contributed by atoms with E-state index in [0.717, 1.165) is 26.0 Å². The Balaban J connectivity index is 1.92. The van der Waals surface area contributed by atoms with Gasteiger partial charge >= 0.3 is 0 Å². The first-order valence-corrected chi connectivity index (χ1v) is 6.81. The maximum Gasteiger partial charge on any atom is 0.127 e. The molecule has 3 nitrogen and oxygen atoms in total. The summed E-state index contributed by atoms with van der Waals surface area (Å²) in [7, 11) is 3.59. The van der Waals surface area contributed by atoms with Crippen molar-refractivity contribution in [1.82, 2.24) is 4.90 Å². The summed E-state index contributed by atoms with van der Waals surface area (Å²) >= 11 is 0. The molecule has 0 bridgehead atoms. The predicted octanol–water partition coefficient (Wildman–Crippen LogP) is 2.84. The molecule has 1 saturated heterocycles. The van der Waals surface area contributed by atoms with Crippen LogP contribution in [0, 0.1) is 5.82 Å². The summed E-state index contributed by atoms with van der Waals surface area (Å²) in [6.45, 7) is 2.27. The van der Waals surface area contributed by atoms with Crippen molar-refractivity contribution >= 4 is 0 Å². The fraction of sp³-hybridized carbons (Fsp3) is 0.600. The summed E-state index contributed by atoms with van der Waals surface area (Å²) in [4.78, 5) is 2.10. The van der Waals surface area contributed by atoms with Crippen LogP contribution in [0.25, 0.3) is 0 Å². The molecular weight excluding hydrogens is 245 g/mol. The van der Waals surface area contributed by atoms with Gasteiger partial charge in [0.05, 0.1) is 13.2 Å². The van der Waals surface area contributed by atoms with Crippen LogP contribution in [-0.2, 0) is 11.3 Å². The molecule has 106 valence electrons. The minimum absolute atomic E-state index is 0.183. The lowest BCUT2D eigenvalue weighted by atomic mass is 10.1. The highest BCUT2D eigenvalue weighted by Gasteiger charge is 2.16. The summed E-state index contributed by atoms with van der Waals surface area (Å²) in [5.74, 6) is 0.510. The molecule has 1 unspecified atom stereocenters. The molecule has 0 radical (unpaired) electrons. The van der Waals surface area contributed by atoms with Crippen LogP contribution in [0.5, 0.6) is 5.75 Å². The van der Waals surface area contributed by atoms with Crippen LogP contribution < -0.4 is 4.74 Å². The van der Waals surface area contributed by atoms with Crippen LogP contribution >= 0.6 is 0 Å². The molecule has 0 aliphatic carbocycles. The highest BCUT2D eigenvalue weighted by atomic mass is 19.1. The summed E-state index contributed by atoms with van der Waals surface area (Å²) < 4.78 is 24.6. The van der Waals surface area contributed by atoms with E-state index in [0.29, 0.717) is 17.9 Å². The van der Waals surface area contributed by atoms with Crippen LogP contribution in [0.2, 0.25) is 0 Å². The number of nitrogens with zero attached hydrogens (tertiary/aromatic N) is 1. The van der Waals surface area contributed by atoms with Gasteiger partial charge in [-0.1, -0.05) is 0 Å². The molecule has 2 rings (SSSR count). The van der Waals surface area contributed by atoms with Crippen molar-refractivity contribution in [2.45, 2.75) is 31.9 Å². The van der Waals surface area contributed by atoms with Crippen molar-refractivity contribution in [1.29, 1.82) is 0 Å². The molecule has 1 atom stereocenters. The summed E-state index contributed by atoms with van der Waals surface area (Å²) in [5, 5.41) is 0. The van der Waals surface area contributed by atoms with Gasteiger partial charge in [-0.05, 0) is 44.5 Å². The van der Waals surface area contributed by atoms with E-state index in [2.05, 4.69) is 4.90 Å². The first-order chi connectivity index (χ1) is 9.19. The Hall–Kier alpha value is -1.13. The second kappa shape index (κ2) is 6.87. The number of benzene rings is 1. The Kier molecular flexibility index (Phi) is 5.16. The van der Waals surface area contributed by atoms with E-state index in [1.807, 2.05) is 7.05 Å². The smallest absolute Gasteiger partial charge is 0.127 e. The predicted molar refractivity (Wildman–Crippen MR) is 72.9 cm³/mol. The third-order valence-corrected chi connectivity index (χ3v) is 3.48. The van der Waals surface area contributed by atoms with Crippen molar-refractivity contribution in [3.63, 3.8) is 0 Å². The van der Waals surface area contributed by atoms with Gasteiger partial charge in [0, 0.05) is 25.3 Å². The van der Waals surface area contributed by atoms with Crippen molar-refractivity contribution in [3.8, 4) is 5.75 Å². The minimum atomic E-state index is -0.183. The van der Waals surface area contributed by atoms with Crippen LogP contribution in [0.15, 0.2) is 18.2 Å². The van der Waals surface area contributed by atoms with Crippen LogP contribution in [-0.4, -0.2) is 38.3 Å². The molecule has 1 aromatic carbocycles. The van der Waals surface area contributed by atoms with Crippen molar-refractivity contribution < 1.29 is 13.9 Å². The molecule has 0 aromatic heterocycles. The zero-order chi connectivity index (χ0) is 13.7. The highest BCUT2D eigenvalue weighted by Crippen LogP contribution is 2.19. The lowest BCUT2D eigenvalue weighted by Crippen LogP contribution is -2.33. The third-order valence-electron chi connectivity index (χ3n) is 3.48. The zero-order valence-corrected chi connectivity index (χ0v) is 11.7. The molecule has 0 saturated carbocycles. The van der Waals surface area contributed by atoms with Gasteiger partial charge in [0.2, 0.25) is 0 Å². The fourth-order valence-electron chi connectivity index (χ4n) is 2.45. The molecule has 1 aliphatic heterocycles. The second-order valence-electron chi connectivity index (χ2n) is 5.14. The second-order valence-corrected chi connectivity index (χ2v) is 5.14. The topological polar surface area (TPSA) is 21.7 Å². The van der Waals surface area contributed by atoms with Crippen molar-refractivity contribution in [2.24, 2.45) is 0 Å². The number of likely N-dealkylation sites (N-methyl/N-ethyl adjacent to an activating group) is 1. The van der Waals surface area contributed by atoms with Gasteiger partial charge in [-0.15, -0.1) is 0 Å². The molecule has 1 fully saturated rings. The lowest BCUT2D eigenvalue weighted by molar-refractivity contribution is -0.00272. The van der Waals surface area contributed by atoms with Crippen molar-refractivity contribution in [2.75, 3.05) is 27.3 Å². The Morgan fingerprint density at radius 3 is 2.95 bits per heavy atom. The number of hydrogen-bond donors (Lipinski definition) is 0. The number of hydrogen-bond acceptors (Lipinski definition) is 3. The Bertz CT molecular complexity index is 405. The SMILES string of the molecule is COc1ccc(F)c(CN(C)CC2CCCCO2)c1. The van der Waals surface area contributed by atoms with Gasteiger partial charge in [0.15, 0.2) is 0 Å². The average molecular weight is 267 g/mol. The van der Waals surface area contributed by atoms with E-state index in [-0.39, 0.29) is 11.9 Å². The summed E-state index contributed by atoms with van der Waals surface area (Å²) in [5.41, 5.74) is 0.664. The molecule has 19 heavy (non-hydrogen) atoms. The van der Waals surface area contributed by atoms with E-state index in [1.54, 1.807) is 19.2 Å². The van der Waals surface area contributed by atoms with Gasteiger partial charge in [-0.3, -0.25) is 4.90 Å². The minimum Gasteiger partial charge on any atom is -0.497 e. The number of methoxy groups -OCH3 is 1. The summed E-state index contributed by atoms with van der Waals surface area (Å²) in [6, 6.07) is 4.86. The first-order valence-electron chi connectivity index (χ1n) is 6.81. The molecular formula is C15H22FNO2. The van der Waals surface area contributed by atoms with E-state index in [1.165, 1.54) is 12.5 Å². The molecule has 0 amide bonds. The van der Waals surface area contributed by atoms with Gasteiger partial charge < -0.3 is 9.47 Å². The van der Waals surface area contributed by atoms with E-state index in [4.69, 9.17) is 9.47 Å². The van der Waals surface area contributed by atoms with Crippen molar-refractivity contribution in [3.05, 3.63) is 29.6 Å². The quantitative estimate of drug-likeness (QED) is 0.819. The van der Waals surface area contributed by atoms with Crippen LogP contribution in [0.4, 0.5) is 4.39 Å². The normalized spacial score (nSPS) is 19.7. The molecule has 0 spiro atoms. The summed E-state index contributed by atoms with van der Waals surface area (Å²) in [6.07, 6.45) is 3.77. The molecule has 1 aromatic rings. The zero-order valence-electron chi connectivity index (χ0n) is 11.7. The van der Waals surface area contributed by atoms with E-state index < -0.39 is 0 Å². The van der Waals surface area contributed by atoms with Gasteiger partial charge in [-0.2, -0.15) is 0 Å². The Morgan fingerprint density at radius 1 is 1.42 bits per heavy atom. The van der Waals surface area contributed by atoms with Gasteiger partial charge in [-0.25, -0.2) is 4.39 Å². The van der Waals surface area contributed by atoms with Gasteiger partial charge in [0.25, 0.3) is 0 Å². The van der Waals surface area contributed by atoms with E-state index in [9.17, 15) is 4.39 Å². The number of rotatable bonds is 5. The monoisotopic (exact) mass is 267 g/mol. The maximum absolute atomic E-state index is 13.7. The Labute approximate surface area is 114 Å². The lowest BCUT2D eigenvalue weighted by Gasteiger charge is -2.27. The van der Waals surface area contributed by atoms with Crippen LogP contribution in [0.1, 0.15) is 24.8 Å². The third kappa shape index (κ3) is 4.18. The molecule has 4 heteroatoms. The first kappa shape index (κ1) is 14.3. The molecule has 1 heterocycles. The number of halogens is 1. The fourth-order valence-corrected chi connectivity index (χ4v) is 2.45. The largest absolute Gasteiger partial charge is 0.497 e. The number of ether oxygens (including phenoxy) is 2. The van der Waals surface area contributed by atoms with Crippen LogP contribution in [0.3, 0.4) is 0 Å². The standard InChI is InChI=1S/C15H22FNO2/c1-17(11-14-5-3-4-8-19-14)10-12-9-13(18-2)6-7-15(12)16/h6-7,9,14H,3-5,8,10-11H2,1-2H3. The Morgan fingerprint density at radius 2 is 2.26 bits per heavy atom. The van der Waals surface area contributed by atoms with Gasteiger partial charge in [0.1, 0.15) is 11.6 Å². The molecule has 1 aliphatic rings.